The standard InChI is InChI=1S/C13H17N3O.ClH/c17-12-7-4-3-6-11(12)10-15-16-13-8-2-1-5-9-14-13;/h3-4,6-7,10,17H,1-2,5,8-9H2,(H,14,16);1H/b15-10+;. The first-order chi connectivity index (χ1) is 8.36. The van der Waals surface area contributed by atoms with E-state index in [0.29, 0.717) is 5.56 Å². The number of aliphatic imine (C=N–C) groups is 1. The molecule has 2 N–H and O–H groups in total. The summed E-state index contributed by atoms with van der Waals surface area (Å²) >= 11 is 0. The summed E-state index contributed by atoms with van der Waals surface area (Å²) in [5.74, 6) is 1.18. The van der Waals surface area contributed by atoms with Gasteiger partial charge in [0.25, 0.3) is 0 Å². The fourth-order valence-corrected chi connectivity index (χ4v) is 1.74. The zero-order valence-corrected chi connectivity index (χ0v) is 11.0. The lowest BCUT2D eigenvalue weighted by atomic mass is 10.2. The minimum atomic E-state index is 0. The van der Waals surface area contributed by atoms with Crippen molar-refractivity contribution in [3.63, 3.8) is 0 Å². The number of nitrogens with zero attached hydrogens (tertiary/aromatic N) is 2. The van der Waals surface area contributed by atoms with E-state index in [2.05, 4.69) is 15.5 Å². The van der Waals surface area contributed by atoms with E-state index in [1.807, 2.05) is 12.1 Å². The predicted molar refractivity (Wildman–Crippen MR) is 76.9 cm³/mol. The number of amidine groups is 1. The number of aromatic hydroxyl groups is 1. The highest BCUT2D eigenvalue weighted by molar-refractivity contribution is 5.86. The maximum absolute atomic E-state index is 9.54. The van der Waals surface area contributed by atoms with Gasteiger partial charge in [0.15, 0.2) is 0 Å². The van der Waals surface area contributed by atoms with Crippen LogP contribution in [0.3, 0.4) is 0 Å². The lowest BCUT2D eigenvalue weighted by molar-refractivity contribution is 0.474. The Morgan fingerprint density at radius 2 is 2.06 bits per heavy atom. The number of para-hydroxylation sites is 1. The van der Waals surface area contributed by atoms with Crippen molar-refractivity contribution in [2.45, 2.75) is 25.7 Å². The van der Waals surface area contributed by atoms with Gasteiger partial charge >= 0.3 is 0 Å². The Morgan fingerprint density at radius 1 is 1.22 bits per heavy atom. The second kappa shape index (κ2) is 7.71. The minimum Gasteiger partial charge on any atom is -0.507 e. The molecular formula is C13H18ClN3O. The molecule has 1 aliphatic heterocycles. The molecule has 0 amide bonds. The fourth-order valence-electron chi connectivity index (χ4n) is 1.74. The first kappa shape index (κ1) is 14.5. The smallest absolute Gasteiger partial charge is 0.124 e. The van der Waals surface area contributed by atoms with Crippen LogP contribution in [0.15, 0.2) is 34.4 Å². The normalized spacial score (nSPS) is 15.7. The number of rotatable bonds is 2. The molecule has 0 fully saturated rings. The third-order valence-electron chi connectivity index (χ3n) is 2.71. The van der Waals surface area contributed by atoms with E-state index in [9.17, 15) is 5.11 Å². The molecule has 1 aromatic rings. The van der Waals surface area contributed by atoms with Crippen LogP contribution >= 0.6 is 12.4 Å². The number of phenols is 1. The van der Waals surface area contributed by atoms with Crippen LogP contribution in [0.25, 0.3) is 0 Å². The molecule has 0 aromatic heterocycles. The lowest BCUT2D eigenvalue weighted by Crippen LogP contribution is -2.17. The minimum absolute atomic E-state index is 0. The summed E-state index contributed by atoms with van der Waals surface area (Å²) in [6.45, 7) is 0.883. The van der Waals surface area contributed by atoms with Gasteiger partial charge in [0.1, 0.15) is 11.6 Å². The molecular weight excluding hydrogens is 250 g/mol. The predicted octanol–water partition coefficient (Wildman–Crippen LogP) is 2.71. The average Bonchev–Trinajstić information content (AvgIpc) is 2.60. The van der Waals surface area contributed by atoms with Gasteiger partial charge in [-0.3, -0.25) is 10.4 Å². The summed E-state index contributed by atoms with van der Waals surface area (Å²) in [6.07, 6.45) is 6.13. The van der Waals surface area contributed by atoms with E-state index >= 15 is 0 Å². The number of benzene rings is 1. The van der Waals surface area contributed by atoms with Gasteiger partial charge in [-0.2, -0.15) is 5.10 Å². The van der Waals surface area contributed by atoms with E-state index in [1.54, 1.807) is 18.3 Å². The SMILES string of the molecule is Cl.Oc1ccccc1/C=N/NC1=NCCCCC1. The van der Waals surface area contributed by atoms with Crippen molar-refractivity contribution >= 4 is 24.5 Å². The third kappa shape index (κ3) is 4.37. The van der Waals surface area contributed by atoms with Crippen LogP contribution in [0.5, 0.6) is 5.75 Å². The van der Waals surface area contributed by atoms with Gasteiger partial charge < -0.3 is 5.11 Å². The van der Waals surface area contributed by atoms with E-state index in [4.69, 9.17) is 0 Å². The van der Waals surface area contributed by atoms with Gasteiger partial charge in [0, 0.05) is 18.5 Å². The molecule has 5 heteroatoms. The molecule has 0 aliphatic carbocycles. The number of hydrogen-bond acceptors (Lipinski definition) is 4. The molecule has 0 radical (unpaired) electrons. The number of hydrazone groups is 1. The molecule has 0 bridgehead atoms. The molecule has 98 valence electrons. The molecule has 1 aromatic carbocycles. The van der Waals surface area contributed by atoms with E-state index in [-0.39, 0.29) is 18.2 Å². The quantitative estimate of drug-likeness (QED) is 0.639. The van der Waals surface area contributed by atoms with Crippen LogP contribution in [0, 0.1) is 0 Å². The molecule has 0 unspecified atom stereocenters. The molecule has 1 aliphatic rings. The molecule has 2 rings (SSSR count). The van der Waals surface area contributed by atoms with Crippen molar-refractivity contribution in [3.8, 4) is 5.75 Å². The summed E-state index contributed by atoms with van der Waals surface area (Å²) in [7, 11) is 0. The first-order valence-corrected chi connectivity index (χ1v) is 5.96. The Balaban J connectivity index is 0.00000162. The highest BCUT2D eigenvalue weighted by Crippen LogP contribution is 2.12. The summed E-state index contributed by atoms with van der Waals surface area (Å²) in [5, 5.41) is 13.6. The van der Waals surface area contributed by atoms with Crippen LogP contribution in [-0.4, -0.2) is 23.7 Å². The van der Waals surface area contributed by atoms with Gasteiger partial charge in [-0.15, -0.1) is 12.4 Å². The van der Waals surface area contributed by atoms with Crippen LogP contribution in [0.2, 0.25) is 0 Å². The van der Waals surface area contributed by atoms with Gasteiger partial charge in [-0.25, -0.2) is 0 Å². The molecule has 18 heavy (non-hydrogen) atoms. The largest absolute Gasteiger partial charge is 0.507 e. The van der Waals surface area contributed by atoms with Crippen molar-refractivity contribution in [3.05, 3.63) is 29.8 Å². The average molecular weight is 268 g/mol. The number of phenolic OH excluding ortho intramolecular Hbond substituents is 1. The van der Waals surface area contributed by atoms with Crippen molar-refractivity contribution in [1.29, 1.82) is 0 Å². The maximum atomic E-state index is 9.54. The van der Waals surface area contributed by atoms with Crippen molar-refractivity contribution in [2.24, 2.45) is 10.1 Å². The Hall–Kier alpha value is -1.55. The van der Waals surface area contributed by atoms with Gasteiger partial charge in [0.05, 0.1) is 6.21 Å². The van der Waals surface area contributed by atoms with Crippen molar-refractivity contribution in [1.82, 2.24) is 5.43 Å². The number of halogens is 1. The van der Waals surface area contributed by atoms with E-state index in [0.717, 1.165) is 31.6 Å². The number of hydrogen-bond donors (Lipinski definition) is 2. The molecule has 0 spiro atoms. The summed E-state index contributed by atoms with van der Waals surface area (Å²) < 4.78 is 0. The molecule has 4 nitrogen and oxygen atoms in total. The van der Waals surface area contributed by atoms with Gasteiger partial charge in [-0.1, -0.05) is 18.6 Å². The maximum Gasteiger partial charge on any atom is 0.124 e. The third-order valence-corrected chi connectivity index (χ3v) is 2.71. The fraction of sp³-hybridized carbons (Fsp3) is 0.385. The first-order valence-electron chi connectivity index (χ1n) is 5.96. The van der Waals surface area contributed by atoms with Crippen molar-refractivity contribution < 1.29 is 5.11 Å². The Kier molecular flexibility index (Phi) is 6.22. The van der Waals surface area contributed by atoms with Crippen LogP contribution in [0.1, 0.15) is 31.2 Å². The topological polar surface area (TPSA) is 57.0 Å². The molecule has 0 saturated heterocycles. The highest BCUT2D eigenvalue weighted by atomic mass is 35.5. The Labute approximate surface area is 113 Å². The van der Waals surface area contributed by atoms with E-state index < -0.39 is 0 Å². The van der Waals surface area contributed by atoms with Gasteiger partial charge in [-0.05, 0) is 25.0 Å². The zero-order chi connectivity index (χ0) is 11.9. The second-order valence-electron chi connectivity index (χ2n) is 4.07. The number of nitrogens with one attached hydrogen (secondary N) is 1. The van der Waals surface area contributed by atoms with Crippen LogP contribution in [0.4, 0.5) is 0 Å². The lowest BCUT2D eigenvalue weighted by Gasteiger charge is -2.02. The summed E-state index contributed by atoms with van der Waals surface area (Å²) in [6, 6.07) is 7.11. The van der Waals surface area contributed by atoms with E-state index in [1.165, 1.54) is 6.42 Å². The summed E-state index contributed by atoms with van der Waals surface area (Å²) in [5.41, 5.74) is 3.65. The van der Waals surface area contributed by atoms with Crippen LogP contribution < -0.4 is 5.43 Å². The summed E-state index contributed by atoms with van der Waals surface area (Å²) in [4.78, 5) is 4.41. The Morgan fingerprint density at radius 3 is 2.89 bits per heavy atom. The second-order valence-corrected chi connectivity index (χ2v) is 4.07. The highest BCUT2D eigenvalue weighted by Gasteiger charge is 2.02. The Bertz CT molecular complexity index is 432. The molecule has 1 heterocycles. The zero-order valence-electron chi connectivity index (χ0n) is 10.2. The van der Waals surface area contributed by atoms with Crippen LogP contribution in [-0.2, 0) is 0 Å². The monoisotopic (exact) mass is 267 g/mol. The van der Waals surface area contributed by atoms with Gasteiger partial charge in [0.2, 0.25) is 0 Å². The van der Waals surface area contributed by atoms with Crippen molar-refractivity contribution in [2.75, 3.05) is 6.54 Å². The molecule has 0 atom stereocenters. The molecule has 0 saturated carbocycles.